The molecule has 0 aliphatic carbocycles. The van der Waals surface area contributed by atoms with Crippen LogP contribution in [0.3, 0.4) is 0 Å². The third-order valence-electron chi connectivity index (χ3n) is 1.91. The minimum atomic E-state index is -4.62. The van der Waals surface area contributed by atoms with Crippen LogP contribution in [0.1, 0.15) is 21.5 Å². The quantitative estimate of drug-likeness (QED) is 0.575. The third-order valence-corrected chi connectivity index (χ3v) is 3.07. The number of carbonyl (C=O) groups is 1. The lowest BCUT2D eigenvalue weighted by Crippen LogP contribution is -2.13. The van der Waals surface area contributed by atoms with Crippen molar-refractivity contribution in [3.63, 3.8) is 0 Å². The van der Waals surface area contributed by atoms with Crippen LogP contribution >= 0.6 is 22.6 Å². The number of nitriles is 1. The van der Waals surface area contributed by atoms with Gasteiger partial charge in [0.15, 0.2) is 0 Å². The summed E-state index contributed by atoms with van der Waals surface area (Å²) in [4.78, 5) is 11.3. The number of benzene rings is 1. The maximum Gasteiger partial charge on any atom is 0.417 e. The molecule has 90 valence electrons. The van der Waals surface area contributed by atoms with Crippen LogP contribution in [0.15, 0.2) is 12.1 Å². The predicted octanol–water partition coefficient (Wildman–Crippen LogP) is 2.97. The number of methoxy groups -OCH3 is 1. The van der Waals surface area contributed by atoms with Gasteiger partial charge in [0.2, 0.25) is 0 Å². The molecule has 0 amide bonds. The maximum atomic E-state index is 12.6. The second kappa shape index (κ2) is 4.91. The first-order valence-electron chi connectivity index (χ1n) is 4.20. The van der Waals surface area contributed by atoms with Gasteiger partial charge in [-0.2, -0.15) is 18.4 Å². The Bertz CT molecular complexity index is 505. The first-order chi connectivity index (χ1) is 7.81. The highest BCUT2D eigenvalue weighted by Gasteiger charge is 2.35. The number of alkyl halides is 3. The van der Waals surface area contributed by atoms with Gasteiger partial charge in [0.25, 0.3) is 0 Å². The van der Waals surface area contributed by atoms with Gasteiger partial charge >= 0.3 is 12.1 Å². The first kappa shape index (κ1) is 13.8. The van der Waals surface area contributed by atoms with Crippen LogP contribution < -0.4 is 0 Å². The molecule has 0 spiro atoms. The second-order valence-electron chi connectivity index (χ2n) is 2.99. The zero-order chi connectivity index (χ0) is 13.2. The molecule has 0 aliphatic rings. The summed E-state index contributed by atoms with van der Waals surface area (Å²) in [6.45, 7) is 0. The van der Waals surface area contributed by atoms with E-state index in [4.69, 9.17) is 5.26 Å². The SMILES string of the molecule is COC(=O)c1cc(C#N)cc(C(F)(F)F)c1I. The number of nitrogens with zero attached hydrogens (tertiary/aromatic N) is 1. The van der Waals surface area contributed by atoms with Crippen LogP contribution in [-0.2, 0) is 10.9 Å². The first-order valence-corrected chi connectivity index (χ1v) is 5.28. The Kier molecular flexibility index (Phi) is 3.98. The zero-order valence-electron chi connectivity index (χ0n) is 8.43. The highest BCUT2D eigenvalue weighted by molar-refractivity contribution is 14.1. The fourth-order valence-corrected chi connectivity index (χ4v) is 1.99. The van der Waals surface area contributed by atoms with Gasteiger partial charge in [-0.15, -0.1) is 0 Å². The summed E-state index contributed by atoms with van der Waals surface area (Å²) < 4.78 is 42.0. The Morgan fingerprint density at radius 2 is 2.06 bits per heavy atom. The van der Waals surface area contributed by atoms with Gasteiger partial charge in [-0.25, -0.2) is 4.79 Å². The number of carbonyl (C=O) groups excluding carboxylic acids is 1. The largest absolute Gasteiger partial charge is 0.465 e. The smallest absolute Gasteiger partial charge is 0.417 e. The topological polar surface area (TPSA) is 50.1 Å². The van der Waals surface area contributed by atoms with E-state index >= 15 is 0 Å². The van der Waals surface area contributed by atoms with Crippen LogP contribution in [0.2, 0.25) is 0 Å². The molecule has 0 saturated heterocycles. The highest BCUT2D eigenvalue weighted by atomic mass is 127. The van der Waals surface area contributed by atoms with Crippen molar-refractivity contribution in [1.82, 2.24) is 0 Å². The van der Waals surface area contributed by atoms with Crippen molar-refractivity contribution in [2.24, 2.45) is 0 Å². The van der Waals surface area contributed by atoms with Crippen molar-refractivity contribution in [1.29, 1.82) is 5.26 Å². The van der Waals surface area contributed by atoms with E-state index in [-0.39, 0.29) is 14.7 Å². The molecule has 0 aliphatic heterocycles. The molecule has 1 aromatic rings. The standard InChI is InChI=1S/C10H5F3INO2/c1-17-9(16)6-2-5(4-15)3-7(8(6)14)10(11,12)13/h2-3H,1H3. The van der Waals surface area contributed by atoms with Crippen LogP contribution in [0.5, 0.6) is 0 Å². The average molecular weight is 355 g/mol. The Morgan fingerprint density at radius 1 is 1.47 bits per heavy atom. The molecule has 0 aromatic heterocycles. The molecule has 0 bridgehead atoms. The van der Waals surface area contributed by atoms with E-state index in [0.717, 1.165) is 13.2 Å². The minimum absolute atomic E-state index is 0.238. The van der Waals surface area contributed by atoms with Gasteiger partial charge in [-0.3, -0.25) is 0 Å². The Labute approximate surface area is 108 Å². The van der Waals surface area contributed by atoms with Crippen molar-refractivity contribution >= 4 is 28.6 Å². The predicted molar refractivity (Wildman–Crippen MR) is 60.2 cm³/mol. The van der Waals surface area contributed by atoms with Gasteiger partial charge in [0, 0.05) is 3.57 Å². The fourth-order valence-electron chi connectivity index (χ4n) is 1.15. The van der Waals surface area contributed by atoms with E-state index in [1.165, 1.54) is 22.6 Å². The average Bonchev–Trinajstić information content (AvgIpc) is 2.26. The number of halogens is 4. The van der Waals surface area contributed by atoms with E-state index in [9.17, 15) is 18.0 Å². The number of hydrogen-bond donors (Lipinski definition) is 0. The molecule has 1 rings (SSSR count). The highest BCUT2D eigenvalue weighted by Crippen LogP contribution is 2.35. The van der Waals surface area contributed by atoms with Gasteiger partial charge in [0.05, 0.1) is 29.9 Å². The molecule has 0 saturated carbocycles. The van der Waals surface area contributed by atoms with Gasteiger partial charge in [-0.05, 0) is 34.7 Å². The summed E-state index contributed by atoms with van der Waals surface area (Å²) in [5, 5.41) is 8.63. The Balaban J connectivity index is 3.54. The maximum absolute atomic E-state index is 12.6. The number of esters is 1. The lowest BCUT2D eigenvalue weighted by Gasteiger charge is -2.12. The second-order valence-corrected chi connectivity index (χ2v) is 4.07. The minimum Gasteiger partial charge on any atom is -0.465 e. The summed E-state index contributed by atoms with van der Waals surface area (Å²) in [5.74, 6) is -0.906. The van der Waals surface area contributed by atoms with E-state index in [0.29, 0.717) is 6.07 Å². The van der Waals surface area contributed by atoms with Crippen molar-refractivity contribution in [2.75, 3.05) is 7.11 Å². The third kappa shape index (κ3) is 2.88. The van der Waals surface area contributed by atoms with E-state index in [1.807, 2.05) is 0 Å². The summed E-state index contributed by atoms with van der Waals surface area (Å²) in [6.07, 6.45) is -4.62. The molecular formula is C10H5F3INO2. The zero-order valence-corrected chi connectivity index (χ0v) is 10.6. The molecule has 0 radical (unpaired) electrons. The van der Waals surface area contributed by atoms with Crippen LogP contribution in [0, 0.1) is 14.9 Å². The molecule has 0 fully saturated rings. The van der Waals surface area contributed by atoms with Crippen molar-refractivity contribution in [3.8, 4) is 6.07 Å². The van der Waals surface area contributed by atoms with Gasteiger partial charge in [0.1, 0.15) is 0 Å². The van der Waals surface area contributed by atoms with Gasteiger partial charge in [-0.1, -0.05) is 0 Å². The van der Waals surface area contributed by atoms with Crippen molar-refractivity contribution in [3.05, 3.63) is 32.4 Å². The van der Waals surface area contributed by atoms with E-state index in [2.05, 4.69) is 4.74 Å². The molecule has 3 nitrogen and oxygen atoms in total. The molecule has 7 heteroatoms. The molecule has 17 heavy (non-hydrogen) atoms. The monoisotopic (exact) mass is 355 g/mol. The van der Waals surface area contributed by atoms with Crippen LogP contribution in [-0.4, -0.2) is 13.1 Å². The molecule has 0 unspecified atom stereocenters. The Morgan fingerprint density at radius 3 is 2.47 bits per heavy atom. The fraction of sp³-hybridized carbons (Fsp3) is 0.200. The van der Waals surface area contributed by atoms with Crippen LogP contribution in [0.25, 0.3) is 0 Å². The molecule has 0 N–H and O–H groups in total. The Hall–Kier alpha value is -1.30. The summed E-state index contributed by atoms with van der Waals surface area (Å²) in [6, 6.07) is 3.35. The number of hydrogen-bond acceptors (Lipinski definition) is 3. The van der Waals surface area contributed by atoms with Crippen molar-refractivity contribution < 1.29 is 22.7 Å². The molecule has 0 atom stereocenters. The summed E-state index contributed by atoms with van der Waals surface area (Å²) in [7, 11) is 1.06. The normalized spacial score (nSPS) is 10.8. The summed E-state index contributed by atoms with van der Waals surface area (Å²) >= 11 is 1.41. The van der Waals surface area contributed by atoms with E-state index in [1.54, 1.807) is 6.07 Å². The summed E-state index contributed by atoms with van der Waals surface area (Å²) in [5.41, 5.74) is -1.52. The van der Waals surface area contributed by atoms with E-state index < -0.39 is 17.7 Å². The number of ether oxygens (including phenoxy) is 1. The molecule has 0 heterocycles. The lowest BCUT2D eigenvalue weighted by molar-refractivity contribution is -0.138. The van der Waals surface area contributed by atoms with Crippen molar-refractivity contribution in [2.45, 2.75) is 6.18 Å². The molecular weight excluding hydrogens is 350 g/mol. The van der Waals surface area contributed by atoms with Crippen LogP contribution in [0.4, 0.5) is 13.2 Å². The number of rotatable bonds is 1. The molecule has 1 aromatic carbocycles. The van der Waals surface area contributed by atoms with Gasteiger partial charge < -0.3 is 4.74 Å². The lowest BCUT2D eigenvalue weighted by atomic mass is 10.1.